The SMILES string of the molecule is COCCc1noc(-c2cnc3nc(C)ccc3c2Nc2ccc(Cl)cc2)n1. The van der Waals surface area contributed by atoms with Crippen molar-refractivity contribution in [3.05, 3.63) is 59.1 Å². The minimum atomic E-state index is 0.387. The van der Waals surface area contributed by atoms with Gasteiger partial charge in [0.05, 0.1) is 17.9 Å². The Morgan fingerprint density at radius 3 is 2.71 bits per heavy atom. The highest BCUT2D eigenvalue weighted by Gasteiger charge is 2.17. The summed E-state index contributed by atoms with van der Waals surface area (Å²) in [5, 5.41) is 8.98. The summed E-state index contributed by atoms with van der Waals surface area (Å²) >= 11 is 6.01. The molecule has 0 spiro atoms. The van der Waals surface area contributed by atoms with E-state index in [1.165, 1.54) is 0 Å². The van der Waals surface area contributed by atoms with Crippen LogP contribution in [0.5, 0.6) is 0 Å². The van der Waals surface area contributed by atoms with Gasteiger partial charge in [0.1, 0.15) is 0 Å². The molecule has 0 aliphatic heterocycles. The third kappa shape index (κ3) is 3.81. The van der Waals surface area contributed by atoms with E-state index in [1.54, 1.807) is 13.3 Å². The molecule has 3 aromatic heterocycles. The van der Waals surface area contributed by atoms with Crippen LogP contribution in [0.2, 0.25) is 5.02 Å². The van der Waals surface area contributed by atoms with Crippen LogP contribution < -0.4 is 5.32 Å². The fourth-order valence-corrected chi connectivity index (χ4v) is 2.93. The van der Waals surface area contributed by atoms with Gasteiger partial charge in [-0.05, 0) is 43.3 Å². The quantitative estimate of drug-likeness (QED) is 0.511. The van der Waals surface area contributed by atoms with Gasteiger partial charge in [-0.2, -0.15) is 4.98 Å². The Labute approximate surface area is 166 Å². The normalized spacial score (nSPS) is 11.1. The van der Waals surface area contributed by atoms with E-state index in [9.17, 15) is 0 Å². The molecule has 7 nitrogen and oxygen atoms in total. The van der Waals surface area contributed by atoms with E-state index < -0.39 is 0 Å². The van der Waals surface area contributed by atoms with Crippen LogP contribution in [0.25, 0.3) is 22.5 Å². The Hall–Kier alpha value is -3.03. The zero-order valence-corrected chi connectivity index (χ0v) is 16.2. The monoisotopic (exact) mass is 395 g/mol. The number of halogens is 1. The Balaban J connectivity index is 1.81. The van der Waals surface area contributed by atoms with Crippen LogP contribution in [0, 0.1) is 6.92 Å². The maximum absolute atomic E-state index is 6.01. The molecule has 3 heterocycles. The zero-order valence-electron chi connectivity index (χ0n) is 15.4. The predicted molar refractivity (Wildman–Crippen MR) is 108 cm³/mol. The van der Waals surface area contributed by atoms with Gasteiger partial charge in [-0.25, -0.2) is 9.97 Å². The van der Waals surface area contributed by atoms with Crippen LogP contribution in [0.1, 0.15) is 11.5 Å². The number of anilines is 2. The van der Waals surface area contributed by atoms with E-state index in [2.05, 4.69) is 25.4 Å². The molecule has 0 amide bonds. The molecule has 4 aromatic rings. The molecule has 0 bridgehead atoms. The lowest BCUT2D eigenvalue weighted by Crippen LogP contribution is -1.99. The number of aryl methyl sites for hydroxylation is 1. The largest absolute Gasteiger partial charge is 0.384 e. The van der Waals surface area contributed by atoms with Crippen molar-refractivity contribution >= 4 is 34.0 Å². The second-order valence-electron chi connectivity index (χ2n) is 6.26. The maximum Gasteiger partial charge on any atom is 0.261 e. The lowest BCUT2D eigenvalue weighted by atomic mass is 10.1. The Morgan fingerprint density at radius 1 is 1.11 bits per heavy atom. The highest BCUT2D eigenvalue weighted by Crippen LogP contribution is 2.34. The summed E-state index contributed by atoms with van der Waals surface area (Å²) < 4.78 is 10.6. The molecule has 8 heteroatoms. The van der Waals surface area contributed by atoms with Crippen molar-refractivity contribution in [2.75, 3.05) is 19.0 Å². The molecular weight excluding hydrogens is 378 g/mol. The molecule has 0 radical (unpaired) electrons. The van der Waals surface area contributed by atoms with Crippen molar-refractivity contribution in [3.63, 3.8) is 0 Å². The molecule has 0 unspecified atom stereocenters. The van der Waals surface area contributed by atoms with Crippen LogP contribution in [-0.4, -0.2) is 33.8 Å². The highest BCUT2D eigenvalue weighted by atomic mass is 35.5. The fourth-order valence-electron chi connectivity index (χ4n) is 2.80. The van der Waals surface area contributed by atoms with Crippen molar-refractivity contribution in [2.45, 2.75) is 13.3 Å². The van der Waals surface area contributed by atoms with E-state index in [-0.39, 0.29) is 0 Å². The molecule has 4 rings (SSSR count). The van der Waals surface area contributed by atoms with E-state index >= 15 is 0 Å². The summed E-state index contributed by atoms with van der Waals surface area (Å²) in [7, 11) is 1.64. The molecule has 0 saturated heterocycles. The predicted octanol–water partition coefficient (Wildman–Crippen LogP) is 4.57. The standard InChI is InChI=1S/C20H18ClN5O2/c1-12-3-8-15-18(24-14-6-4-13(21)5-7-14)16(11-22-19(15)23-12)20-25-17(26-28-20)9-10-27-2/h3-8,11H,9-10H2,1-2H3,(H,22,23,24). The highest BCUT2D eigenvalue weighted by molar-refractivity contribution is 6.30. The number of nitrogens with one attached hydrogen (secondary N) is 1. The second-order valence-corrected chi connectivity index (χ2v) is 6.70. The van der Waals surface area contributed by atoms with Crippen molar-refractivity contribution in [1.82, 2.24) is 20.1 Å². The summed E-state index contributed by atoms with van der Waals surface area (Å²) in [5.41, 5.74) is 3.90. The Morgan fingerprint density at radius 2 is 1.93 bits per heavy atom. The average molecular weight is 396 g/mol. The van der Waals surface area contributed by atoms with Gasteiger partial charge >= 0.3 is 0 Å². The van der Waals surface area contributed by atoms with Gasteiger partial charge in [-0.3, -0.25) is 0 Å². The minimum Gasteiger partial charge on any atom is -0.384 e. The number of benzene rings is 1. The molecule has 1 N–H and O–H groups in total. The third-order valence-corrected chi connectivity index (χ3v) is 4.46. The lowest BCUT2D eigenvalue weighted by molar-refractivity contribution is 0.199. The zero-order chi connectivity index (χ0) is 19.5. The van der Waals surface area contributed by atoms with Gasteiger partial charge < -0.3 is 14.6 Å². The van der Waals surface area contributed by atoms with Crippen LogP contribution in [0.3, 0.4) is 0 Å². The Bertz CT molecular complexity index is 1110. The number of pyridine rings is 2. The first-order chi connectivity index (χ1) is 13.6. The fraction of sp³-hybridized carbons (Fsp3) is 0.200. The maximum atomic E-state index is 6.01. The number of nitrogens with zero attached hydrogens (tertiary/aromatic N) is 4. The van der Waals surface area contributed by atoms with Crippen LogP contribution in [-0.2, 0) is 11.2 Å². The van der Waals surface area contributed by atoms with Gasteiger partial charge in [0.15, 0.2) is 11.5 Å². The van der Waals surface area contributed by atoms with E-state index in [0.717, 1.165) is 22.5 Å². The van der Waals surface area contributed by atoms with Crippen molar-refractivity contribution < 1.29 is 9.26 Å². The summed E-state index contributed by atoms with van der Waals surface area (Å²) in [4.78, 5) is 13.5. The van der Waals surface area contributed by atoms with Crippen LogP contribution in [0.15, 0.2) is 47.1 Å². The Kier molecular flexibility index (Phi) is 5.18. The second kappa shape index (κ2) is 7.92. The molecule has 142 valence electrons. The topological polar surface area (TPSA) is 86.0 Å². The molecule has 0 fully saturated rings. The number of rotatable bonds is 6. The van der Waals surface area contributed by atoms with Gasteiger partial charge in [-0.15, -0.1) is 0 Å². The van der Waals surface area contributed by atoms with Gasteiger partial charge in [0, 0.05) is 41.5 Å². The molecule has 0 atom stereocenters. The van der Waals surface area contributed by atoms with Gasteiger partial charge in [-0.1, -0.05) is 16.8 Å². The first kappa shape index (κ1) is 18.3. The van der Waals surface area contributed by atoms with Crippen molar-refractivity contribution in [1.29, 1.82) is 0 Å². The summed E-state index contributed by atoms with van der Waals surface area (Å²) in [5.74, 6) is 0.967. The average Bonchev–Trinajstić information content (AvgIpc) is 3.16. The molecule has 0 saturated carbocycles. The molecule has 1 aromatic carbocycles. The number of hydrogen-bond donors (Lipinski definition) is 1. The molecule has 28 heavy (non-hydrogen) atoms. The lowest BCUT2D eigenvalue weighted by Gasteiger charge is -2.13. The van der Waals surface area contributed by atoms with Gasteiger partial charge in [0.2, 0.25) is 0 Å². The molecule has 0 aliphatic carbocycles. The third-order valence-electron chi connectivity index (χ3n) is 4.21. The minimum absolute atomic E-state index is 0.387. The smallest absolute Gasteiger partial charge is 0.261 e. The van der Waals surface area contributed by atoms with Crippen molar-refractivity contribution in [2.24, 2.45) is 0 Å². The van der Waals surface area contributed by atoms with Crippen LogP contribution in [0.4, 0.5) is 11.4 Å². The molecule has 0 aliphatic rings. The molecular formula is C20H18ClN5O2. The first-order valence-corrected chi connectivity index (χ1v) is 9.12. The van der Waals surface area contributed by atoms with Crippen LogP contribution >= 0.6 is 11.6 Å². The van der Waals surface area contributed by atoms with E-state index in [0.29, 0.717) is 41.0 Å². The summed E-state index contributed by atoms with van der Waals surface area (Å²) in [6, 6.07) is 11.4. The number of ether oxygens (including phenoxy) is 1. The first-order valence-electron chi connectivity index (χ1n) is 8.75. The number of fused-ring (bicyclic) bond motifs is 1. The van der Waals surface area contributed by atoms with Crippen molar-refractivity contribution in [3.8, 4) is 11.5 Å². The number of aromatic nitrogens is 4. The van der Waals surface area contributed by atoms with Gasteiger partial charge in [0.25, 0.3) is 5.89 Å². The van der Waals surface area contributed by atoms with E-state index in [4.69, 9.17) is 20.9 Å². The summed E-state index contributed by atoms with van der Waals surface area (Å²) in [6.07, 6.45) is 2.27. The number of hydrogen-bond acceptors (Lipinski definition) is 7. The summed E-state index contributed by atoms with van der Waals surface area (Å²) in [6.45, 7) is 2.45. The number of methoxy groups -OCH3 is 1. The van der Waals surface area contributed by atoms with E-state index in [1.807, 2.05) is 43.3 Å².